The minimum Gasteiger partial charge on any atom is -0.497 e. The summed E-state index contributed by atoms with van der Waals surface area (Å²) in [6.07, 6.45) is 1.69. The summed E-state index contributed by atoms with van der Waals surface area (Å²) in [4.78, 5) is 4.93. The van der Waals surface area contributed by atoms with E-state index in [9.17, 15) is 0 Å². The molecule has 6 nitrogen and oxygen atoms in total. The van der Waals surface area contributed by atoms with Crippen molar-refractivity contribution >= 4 is 22.1 Å². The molecule has 3 aromatic rings. The summed E-state index contributed by atoms with van der Waals surface area (Å²) in [6.45, 7) is 0. The van der Waals surface area contributed by atoms with Crippen molar-refractivity contribution in [2.75, 3.05) is 20.0 Å². The Morgan fingerprint density at radius 1 is 1.26 bits per heavy atom. The number of nitrogens with two attached hydrogens (primary N) is 1. The maximum Gasteiger partial charge on any atom is 0.214 e. The molecule has 0 fully saturated rings. The van der Waals surface area contributed by atoms with Crippen LogP contribution >= 0.6 is 11.3 Å². The van der Waals surface area contributed by atoms with Gasteiger partial charge in [-0.2, -0.15) is 5.10 Å². The molecule has 1 aromatic carbocycles. The SMILES string of the molecule is COc1ccc(-c2nn3cc(N)nc3s2)c(OC)c1. The molecule has 2 N–H and O–H groups in total. The molecule has 7 heteroatoms. The highest BCUT2D eigenvalue weighted by atomic mass is 32.1. The van der Waals surface area contributed by atoms with Crippen molar-refractivity contribution in [3.05, 3.63) is 24.4 Å². The van der Waals surface area contributed by atoms with E-state index in [0.717, 1.165) is 21.3 Å². The zero-order chi connectivity index (χ0) is 13.4. The lowest BCUT2D eigenvalue weighted by Gasteiger charge is -2.07. The number of ether oxygens (including phenoxy) is 2. The van der Waals surface area contributed by atoms with Gasteiger partial charge in [0.2, 0.25) is 4.96 Å². The molecule has 0 unspecified atom stereocenters. The Morgan fingerprint density at radius 2 is 2.11 bits per heavy atom. The van der Waals surface area contributed by atoms with E-state index >= 15 is 0 Å². The van der Waals surface area contributed by atoms with Gasteiger partial charge in [0.25, 0.3) is 0 Å². The van der Waals surface area contributed by atoms with Crippen molar-refractivity contribution in [1.29, 1.82) is 0 Å². The zero-order valence-electron chi connectivity index (χ0n) is 10.5. The third-order valence-electron chi connectivity index (χ3n) is 2.70. The van der Waals surface area contributed by atoms with Crippen molar-refractivity contribution in [3.8, 4) is 22.1 Å². The standard InChI is InChI=1S/C12H12N4O2S/c1-17-7-3-4-8(9(5-7)18-2)11-15-16-6-10(13)14-12(16)19-11/h3-6H,13H2,1-2H3. The Kier molecular flexibility index (Phi) is 2.75. The Balaban J connectivity index is 2.11. The molecule has 0 saturated heterocycles. The number of benzene rings is 1. The van der Waals surface area contributed by atoms with Crippen LogP contribution in [-0.2, 0) is 0 Å². The Bertz CT molecular complexity index is 703. The summed E-state index contributed by atoms with van der Waals surface area (Å²) in [5.41, 5.74) is 6.51. The van der Waals surface area contributed by atoms with Crippen molar-refractivity contribution < 1.29 is 9.47 Å². The van der Waals surface area contributed by atoms with E-state index in [1.807, 2.05) is 18.2 Å². The fourth-order valence-corrected chi connectivity index (χ4v) is 2.72. The van der Waals surface area contributed by atoms with Crippen molar-refractivity contribution in [1.82, 2.24) is 14.6 Å². The van der Waals surface area contributed by atoms with Gasteiger partial charge in [0.1, 0.15) is 17.3 Å². The van der Waals surface area contributed by atoms with Gasteiger partial charge in [0, 0.05) is 6.07 Å². The number of nitrogens with zero attached hydrogens (tertiary/aromatic N) is 3. The molecule has 0 aliphatic rings. The summed E-state index contributed by atoms with van der Waals surface area (Å²) >= 11 is 1.45. The predicted molar refractivity (Wildman–Crippen MR) is 73.8 cm³/mol. The minimum absolute atomic E-state index is 0.465. The number of anilines is 1. The van der Waals surface area contributed by atoms with Crippen LogP contribution in [0.3, 0.4) is 0 Å². The fourth-order valence-electron chi connectivity index (χ4n) is 1.80. The van der Waals surface area contributed by atoms with Crippen LogP contribution in [0.1, 0.15) is 0 Å². The van der Waals surface area contributed by atoms with Gasteiger partial charge in [-0.15, -0.1) is 0 Å². The van der Waals surface area contributed by atoms with E-state index in [4.69, 9.17) is 15.2 Å². The second-order valence-electron chi connectivity index (χ2n) is 3.87. The Hall–Kier alpha value is -2.28. The number of imidazole rings is 1. The lowest BCUT2D eigenvalue weighted by molar-refractivity contribution is 0.395. The molecule has 0 atom stereocenters. The molecule has 0 radical (unpaired) electrons. The van der Waals surface area contributed by atoms with Gasteiger partial charge in [-0.3, -0.25) is 0 Å². The molecule has 3 rings (SSSR count). The topological polar surface area (TPSA) is 74.7 Å². The Morgan fingerprint density at radius 3 is 2.79 bits per heavy atom. The number of fused-ring (bicyclic) bond motifs is 1. The quantitative estimate of drug-likeness (QED) is 0.792. The van der Waals surface area contributed by atoms with Crippen LogP contribution in [-0.4, -0.2) is 28.8 Å². The van der Waals surface area contributed by atoms with E-state index in [1.165, 1.54) is 11.3 Å². The van der Waals surface area contributed by atoms with Gasteiger partial charge >= 0.3 is 0 Å². The zero-order valence-corrected chi connectivity index (χ0v) is 11.3. The van der Waals surface area contributed by atoms with Crippen LogP contribution in [0.4, 0.5) is 5.82 Å². The van der Waals surface area contributed by atoms with Gasteiger partial charge in [-0.25, -0.2) is 9.50 Å². The highest BCUT2D eigenvalue weighted by Crippen LogP contribution is 2.35. The van der Waals surface area contributed by atoms with Crippen LogP contribution in [0.15, 0.2) is 24.4 Å². The summed E-state index contributed by atoms with van der Waals surface area (Å²) in [6, 6.07) is 5.61. The normalized spacial score (nSPS) is 10.8. The second-order valence-corrected chi connectivity index (χ2v) is 4.82. The molecule has 0 spiro atoms. The molecule has 2 aromatic heterocycles. The second kappa shape index (κ2) is 4.43. The first kappa shape index (κ1) is 11.8. The number of rotatable bonds is 3. The molecule has 2 heterocycles. The maximum absolute atomic E-state index is 5.61. The molecule has 0 bridgehead atoms. The number of hydrogen-bond donors (Lipinski definition) is 1. The van der Waals surface area contributed by atoms with Gasteiger partial charge in [0.15, 0.2) is 5.01 Å². The van der Waals surface area contributed by atoms with E-state index < -0.39 is 0 Å². The van der Waals surface area contributed by atoms with Gasteiger partial charge in [-0.05, 0) is 12.1 Å². The van der Waals surface area contributed by atoms with E-state index in [0.29, 0.717) is 11.6 Å². The monoisotopic (exact) mass is 276 g/mol. The summed E-state index contributed by atoms with van der Waals surface area (Å²) in [5.74, 6) is 1.92. The van der Waals surface area contributed by atoms with Crippen LogP contribution < -0.4 is 15.2 Å². The van der Waals surface area contributed by atoms with Crippen molar-refractivity contribution in [2.24, 2.45) is 0 Å². The number of aromatic nitrogens is 3. The number of methoxy groups -OCH3 is 2. The molecule has 98 valence electrons. The summed E-state index contributed by atoms with van der Waals surface area (Å²) in [5, 5.41) is 5.26. The third-order valence-corrected chi connectivity index (χ3v) is 3.66. The molecular weight excluding hydrogens is 264 g/mol. The van der Waals surface area contributed by atoms with Gasteiger partial charge in [0.05, 0.1) is 26.0 Å². The molecular formula is C12H12N4O2S. The summed E-state index contributed by atoms with van der Waals surface area (Å²) in [7, 11) is 3.24. The first-order chi connectivity index (χ1) is 9.21. The molecule has 0 amide bonds. The van der Waals surface area contributed by atoms with Crippen LogP contribution in [0.5, 0.6) is 11.5 Å². The average molecular weight is 276 g/mol. The molecule has 0 aliphatic carbocycles. The lowest BCUT2D eigenvalue weighted by Crippen LogP contribution is -1.91. The van der Waals surface area contributed by atoms with Gasteiger partial charge < -0.3 is 15.2 Å². The number of nitrogen functional groups attached to an aromatic ring is 1. The summed E-state index contributed by atoms with van der Waals surface area (Å²) < 4.78 is 12.2. The first-order valence-corrected chi connectivity index (χ1v) is 6.37. The van der Waals surface area contributed by atoms with E-state index in [1.54, 1.807) is 24.9 Å². The number of hydrogen-bond acceptors (Lipinski definition) is 6. The average Bonchev–Trinajstić information content (AvgIpc) is 2.94. The van der Waals surface area contributed by atoms with Crippen molar-refractivity contribution in [3.63, 3.8) is 0 Å². The van der Waals surface area contributed by atoms with Crippen molar-refractivity contribution in [2.45, 2.75) is 0 Å². The largest absolute Gasteiger partial charge is 0.497 e. The molecule has 0 aliphatic heterocycles. The molecule has 0 saturated carbocycles. The van der Waals surface area contributed by atoms with Crippen LogP contribution in [0.25, 0.3) is 15.5 Å². The smallest absolute Gasteiger partial charge is 0.214 e. The predicted octanol–water partition coefficient (Wildman–Crippen LogP) is 2.06. The first-order valence-electron chi connectivity index (χ1n) is 5.55. The van der Waals surface area contributed by atoms with E-state index in [-0.39, 0.29) is 0 Å². The third kappa shape index (κ3) is 1.97. The van der Waals surface area contributed by atoms with Crippen LogP contribution in [0.2, 0.25) is 0 Å². The van der Waals surface area contributed by atoms with Gasteiger partial charge in [-0.1, -0.05) is 11.3 Å². The molecule has 19 heavy (non-hydrogen) atoms. The lowest BCUT2D eigenvalue weighted by atomic mass is 10.2. The Labute approximate surface area is 113 Å². The van der Waals surface area contributed by atoms with E-state index in [2.05, 4.69) is 10.1 Å². The maximum atomic E-state index is 5.61. The minimum atomic E-state index is 0.465. The fraction of sp³-hybridized carbons (Fsp3) is 0.167. The highest BCUT2D eigenvalue weighted by molar-refractivity contribution is 7.19. The highest BCUT2D eigenvalue weighted by Gasteiger charge is 2.13. The van der Waals surface area contributed by atoms with Crippen LogP contribution in [0, 0.1) is 0 Å².